The summed E-state index contributed by atoms with van der Waals surface area (Å²) in [5.41, 5.74) is 4.14. The smallest absolute Gasteiger partial charge is 0.337 e. The predicted molar refractivity (Wildman–Crippen MR) is 128 cm³/mol. The number of hydrogen-bond donors (Lipinski definition) is 1. The second kappa shape index (κ2) is 9.84. The quantitative estimate of drug-likeness (QED) is 0.570. The van der Waals surface area contributed by atoms with Crippen LogP contribution in [0, 0.1) is 5.82 Å². The van der Waals surface area contributed by atoms with Gasteiger partial charge in [-0.15, -0.1) is 0 Å². The van der Waals surface area contributed by atoms with Crippen molar-refractivity contribution in [3.05, 3.63) is 88.0 Å². The molecule has 1 N–H and O–H groups in total. The van der Waals surface area contributed by atoms with Crippen LogP contribution in [0.15, 0.2) is 71.1 Å². The van der Waals surface area contributed by atoms with Crippen molar-refractivity contribution in [3.63, 3.8) is 0 Å². The third-order valence-electron chi connectivity index (χ3n) is 6.26. The summed E-state index contributed by atoms with van der Waals surface area (Å²) in [4.78, 5) is 26.9. The number of rotatable bonds is 6. The molecule has 34 heavy (non-hydrogen) atoms. The lowest BCUT2D eigenvalue weighted by atomic mass is 9.71. The average Bonchev–Trinajstić information content (AvgIpc) is 2.78. The van der Waals surface area contributed by atoms with Gasteiger partial charge in [0.2, 0.25) is 0 Å². The number of benzene rings is 2. The first-order chi connectivity index (χ1) is 16.3. The van der Waals surface area contributed by atoms with Gasteiger partial charge in [0.05, 0.1) is 24.2 Å². The Balaban J connectivity index is 1.82. The molecule has 4 rings (SSSR count). The van der Waals surface area contributed by atoms with E-state index in [9.17, 15) is 14.0 Å². The zero-order valence-corrected chi connectivity index (χ0v) is 20.0. The van der Waals surface area contributed by atoms with Crippen molar-refractivity contribution in [2.75, 3.05) is 6.61 Å². The summed E-state index contributed by atoms with van der Waals surface area (Å²) in [6, 6.07) is 13.8. The number of para-hydroxylation sites is 1. The second-order valence-corrected chi connectivity index (χ2v) is 8.99. The number of allylic oxidation sites excluding steroid dienone is 3. The molecule has 1 heterocycles. The van der Waals surface area contributed by atoms with Crippen LogP contribution in [0.1, 0.15) is 63.5 Å². The SMILES string of the molecule is CCOc1ccccc1[C@@H]1C(C(=O)OC(C)C)=C(C)NC2=C1C(=O)C[C@H](c1ccc(F)cc1)C2. The molecule has 6 heteroatoms. The number of carbonyl (C=O) groups excluding carboxylic acids is 2. The summed E-state index contributed by atoms with van der Waals surface area (Å²) in [7, 11) is 0. The van der Waals surface area contributed by atoms with E-state index in [1.807, 2.05) is 38.1 Å². The van der Waals surface area contributed by atoms with Crippen LogP contribution in [-0.4, -0.2) is 24.5 Å². The Kier molecular flexibility index (Phi) is 6.87. The second-order valence-electron chi connectivity index (χ2n) is 8.99. The van der Waals surface area contributed by atoms with Crippen molar-refractivity contribution in [1.29, 1.82) is 0 Å². The van der Waals surface area contributed by atoms with Gasteiger partial charge in [-0.3, -0.25) is 4.79 Å². The maximum atomic E-state index is 13.6. The normalized spacial score (nSPS) is 20.2. The van der Waals surface area contributed by atoms with Gasteiger partial charge in [0, 0.05) is 29.0 Å². The highest BCUT2D eigenvalue weighted by molar-refractivity contribution is 6.04. The number of Topliss-reactive ketones (excluding diaryl/α,β-unsaturated/α-hetero) is 1. The average molecular weight is 464 g/mol. The summed E-state index contributed by atoms with van der Waals surface area (Å²) in [6.45, 7) is 7.80. The Bertz CT molecular complexity index is 1160. The minimum Gasteiger partial charge on any atom is -0.494 e. The van der Waals surface area contributed by atoms with E-state index >= 15 is 0 Å². The van der Waals surface area contributed by atoms with E-state index in [1.165, 1.54) is 12.1 Å². The van der Waals surface area contributed by atoms with E-state index < -0.39 is 11.9 Å². The van der Waals surface area contributed by atoms with Crippen LogP contribution >= 0.6 is 0 Å². The molecule has 1 aliphatic carbocycles. The number of halogens is 1. The van der Waals surface area contributed by atoms with Gasteiger partial charge in [-0.2, -0.15) is 0 Å². The van der Waals surface area contributed by atoms with E-state index in [-0.39, 0.29) is 30.0 Å². The van der Waals surface area contributed by atoms with Crippen molar-refractivity contribution < 1.29 is 23.5 Å². The topological polar surface area (TPSA) is 64.6 Å². The molecule has 2 atom stereocenters. The highest BCUT2D eigenvalue weighted by Crippen LogP contribution is 2.47. The standard InChI is InChI=1S/C28H30FNO4/c1-5-33-24-9-7-6-8-21(24)26-25(28(32)34-16(2)3)17(4)30-22-14-19(15-23(31)27(22)26)18-10-12-20(29)13-11-18/h6-13,16,19,26,30H,5,14-15H2,1-4H3/t19-,26-/m1/s1. The molecule has 0 saturated heterocycles. The molecular formula is C28H30FNO4. The first-order valence-corrected chi connectivity index (χ1v) is 11.7. The summed E-state index contributed by atoms with van der Waals surface area (Å²) in [5.74, 6) is -0.815. The molecule has 5 nitrogen and oxygen atoms in total. The van der Waals surface area contributed by atoms with Gasteiger partial charge < -0.3 is 14.8 Å². The van der Waals surface area contributed by atoms with E-state index in [0.717, 1.165) is 16.8 Å². The number of carbonyl (C=O) groups is 2. The van der Waals surface area contributed by atoms with E-state index in [1.54, 1.807) is 26.0 Å². The Morgan fingerprint density at radius 1 is 1.12 bits per heavy atom. The van der Waals surface area contributed by atoms with Crippen LogP contribution in [-0.2, 0) is 14.3 Å². The molecule has 0 aromatic heterocycles. The zero-order chi connectivity index (χ0) is 24.4. The van der Waals surface area contributed by atoms with Gasteiger partial charge in [-0.05, 0) is 63.8 Å². The highest BCUT2D eigenvalue weighted by atomic mass is 19.1. The largest absolute Gasteiger partial charge is 0.494 e. The highest BCUT2D eigenvalue weighted by Gasteiger charge is 2.42. The van der Waals surface area contributed by atoms with Gasteiger partial charge in [-0.25, -0.2) is 9.18 Å². The first-order valence-electron chi connectivity index (χ1n) is 11.7. The Labute approximate surface area is 199 Å². The maximum Gasteiger partial charge on any atom is 0.337 e. The van der Waals surface area contributed by atoms with Gasteiger partial charge in [0.1, 0.15) is 11.6 Å². The number of esters is 1. The van der Waals surface area contributed by atoms with Crippen molar-refractivity contribution in [3.8, 4) is 5.75 Å². The summed E-state index contributed by atoms with van der Waals surface area (Å²) in [5, 5.41) is 3.34. The lowest BCUT2D eigenvalue weighted by molar-refractivity contribution is -0.143. The minimum absolute atomic E-state index is 0.0401. The van der Waals surface area contributed by atoms with Crippen molar-refractivity contribution >= 4 is 11.8 Å². The molecule has 178 valence electrons. The predicted octanol–water partition coefficient (Wildman–Crippen LogP) is 5.54. The van der Waals surface area contributed by atoms with Crippen molar-refractivity contribution in [2.45, 2.75) is 58.5 Å². The van der Waals surface area contributed by atoms with Crippen LogP contribution < -0.4 is 10.1 Å². The molecule has 0 spiro atoms. The fourth-order valence-corrected chi connectivity index (χ4v) is 4.87. The Hall–Kier alpha value is -3.41. The maximum absolute atomic E-state index is 13.6. The minimum atomic E-state index is -0.591. The van der Waals surface area contributed by atoms with Gasteiger partial charge >= 0.3 is 5.97 Å². The molecule has 1 aliphatic heterocycles. The third-order valence-corrected chi connectivity index (χ3v) is 6.26. The fraction of sp³-hybridized carbons (Fsp3) is 0.357. The van der Waals surface area contributed by atoms with E-state index in [2.05, 4.69) is 5.32 Å². The van der Waals surface area contributed by atoms with Crippen LogP contribution in [0.5, 0.6) is 5.75 Å². The number of nitrogens with one attached hydrogen (secondary N) is 1. The number of ketones is 1. The first kappa shape index (κ1) is 23.7. The summed E-state index contributed by atoms with van der Waals surface area (Å²) >= 11 is 0. The fourth-order valence-electron chi connectivity index (χ4n) is 4.87. The molecule has 2 aromatic rings. The number of dihydropyridines is 1. The van der Waals surface area contributed by atoms with Crippen LogP contribution in [0.4, 0.5) is 4.39 Å². The van der Waals surface area contributed by atoms with Crippen LogP contribution in [0.3, 0.4) is 0 Å². The van der Waals surface area contributed by atoms with Crippen LogP contribution in [0.25, 0.3) is 0 Å². The molecule has 0 fully saturated rings. The van der Waals surface area contributed by atoms with Crippen molar-refractivity contribution in [1.82, 2.24) is 5.32 Å². The Morgan fingerprint density at radius 2 is 1.82 bits per heavy atom. The monoisotopic (exact) mass is 463 g/mol. The number of hydrogen-bond acceptors (Lipinski definition) is 5. The van der Waals surface area contributed by atoms with Gasteiger partial charge in [0.25, 0.3) is 0 Å². The summed E-state index contributed by atoms with van der Waals surface area (Å²) in [6.07, 6.45) is 0.574. The molecule has 0 radical (unpaired) electrons. The van der Waals surface area contributed by atoms with E-state index in [0.29, 0.717) is 35.6 Å². The lowest BCUT2D eigenvalue weighted by Gasteiger charge is -2.37. The number of ether oxygens (including phenoxy) is 2. The molecule has 0 unspecified atom stereocenters. The van der Waals surface area contributed by atoms with Gasteiger partial charge in [0.15, 0.2) is 5.78 Å². The zero-order valence-electron chi connectivity index (χ0n) is 20.0. The van der Waals surface area contributed by atoms with Gasteiger partial charge in [-0.1, -0.05) is 30.3 Å². The molecular weight excluding hydrogens is 433 g/mol. The lowest BCUT2D eigenvalue weighted by Crippen LogP contribution is -2.36. The van der Waals surface area contributed by atoms with E-state index in [4.69, 9.17) is 9.47 Å². The van der Waals surface area contributed by atoms with Crippen LogP contribution in [0.2, 0.25) is 0 Å². The molecule has 0 amide bonds. The third kappa shape index (κ3) is 4.63. The Morgan fingerprint density at radius 3 is 2.50 bits per heavy atom. The molecule has 0 bridgehead atoms. The van der Waals surface area contributed by atoms with Crippen molar-refractivity contribution in [2.24, 2.45) is 0 Å². The molecule has 0 saturated carbocycles. The molecule has 2 aromatic carbocycles. The summed E-state index contributed by atoms with van der Waals surface area (Å²) < 4.78 is 24.9. The molecule has 2 aliphatic rings.